The van der Waals surface area contributed by atoms with Gasteiger partial charge in [-0.1, -0.05) is 20.8 Å². The Morgan fingerprint density at radius 2 is 1.91 bits per heavy atom. The van der Waals surface area contributed by atoms with Crippen molar-refractivity contribution in [3.63, 3.8) is 0 Å². The number of hydrogen-bond acceptors (Lipinski definition) is 1. The maximum Gasteiger partial charge on any atom is 0.0601 e. The van der Waals surface area contributed by atoms with Crippen molar-refractivity contribution in [2.24, 2.45) is 23.2 Å². The molecule has 1 heteroatoms. The zero-order valence-corrected chi connectivity index (χ0v) is 7.67. The Bertz CT molecular complexity index is 174. The molecule has 0 saturated heterocycles. The molecule has 2 saturated carbocycles. The Balaban J connectivity index is 2.12. The smallest absolute Gasteiger partial charge is 0.0601 e. The number of fused-ring (bicyclic) bond motifs is 1. The van der Waals surface area contributed by atoms with E-state index in [1.165, 1.54) is 12.8 Å². The van der Waals surface area contributed by atoms with Crippen molar-refractivity contribution < 1.29 is 5.11 Å². The first-order valence-electron chi connectivity index (χ1n) is 4.73. The van der Waals surface area contributed by atoms with Crippen LogP contribution < -0.4 is 0 Å². The summed E-state index contributed by atoms with van der Waals surface area (Å²) in [5, 5.41) is 9.82. The van der Waals surface area contributed by atoms with E-state index in [-0.39, 0.29) is 6.10 Å². The van der Waals surface area contributed by atoms with Crippen LogP contribution in [-0.2, 0) is 0 Å². The van der Waals surface area contributed by atoms with Gasteiger partial charge >= 0.3 is 0 Å². The van der Waals surface area contributed by atoms with E-state index in [2.05, 4.69) is 20.8 Å². The van der Waals surface area contributed by atoms with Crippen molar-refractivity contribution in [1.29, 1.82) is 0 Å². The van der Waals surface area contributed by atoms with Crippen LogP contribution in [0.4, 0.5) is 0 Å². The third-order valence-electron chi connectivity index (χ3n) is 4.02. The zero-order valence-electron chi connectivity index (χ0n) is 7.67. The molecule has 0 spiro atoms. The maximum atomic E-state index is 9.82. The summed E-state index contributed by atoms with van der Waals surface area (Å²) in [4.78, 5) is 0. The van der Waals surface area contributed by atoms with Crippen molar-refractivity contribution in [2.45, 2.75) is 39.7 Å². The molecule has 2 aliphatic carbocycles. The minimum atomic E-state index is -0.0104. The molecule has 11 heavy (non-hydrogen) atoms. The summed E-state index contributed by atoms with van der Waals surface area (Å²) in [7, 11) is 0. The van der Waals surface area contributed by atoms with Gasteiger partial charge in [-0.05, 0) is 36.0 Å². The molecule has 0 aromatic heterocycles. The lowest BCUT2D eigenvalue weighted by molar-refractivity contribution is 0.0612. The summed E-state index contributed by atoms with van der Waals surface area (Å²) in [5.41, 5.74) is 0.449. The van der Waals surface area contributed by atoms with Crippen LogP contribution in [0.5, 0.6) is 0 Å². The normalized spacial score (nSPS) is 53.5. The van der Waals surface area contributed by atoms with Crippen LogP contribution in [0.3, 0.4) is 0 Å². The van der Waals surface area contributed by atoms with E-state index in [0.29, 0.717) is 17.3 Å². The van der Waals surface area contributed by atoms with Crippen LogP contribution >= 0.6 is 0 Å². The lowest BCUT2D eigenvalue weighted by atomic mass is 9.88. The quantitative estimate of drug-likeness (QED) is 0.566. The van der Waals surface area contributed by atoms with E-state index < -0.39 is 0 Å². The summed E-state index contributed by atoms with van der Waals surface area (Å²) in [6.45, 7) is 6.77. The minimum absolute atomic E-state index is 0.0104. The molecule has 64 valence electrons. The Hall–Kier alpha value is -0.0400. The summed E-state index contributed by atoms with van der Waals surface area (Å²) < 4.78 is 0. The second-order valence-electron chi connectivity index (χ2n) is 5.00. The number of rotatable bonds is 0. The predicted octanol–water partition coefficient (Wildman–Crippen LogP) is 2.05. The Morgan fingerprint density at radius 1 is 1.27 bits per heavy atom. The number of hydrogen-bond donors (Lipinski definition) is 1. The summed E-state index contributed by atoms with van der Waals surface area (Å²) >= 11 is 0. The standard InChI is InChI=1S/C10H18O/c1-6-4-5-7-8(9(6)11)10(7,2)3/h6-9,11H,4-5H2,1-3H3. The SMILES string of the molecule is CC1CCC2C(C1O)C2(C)C. The highest BCUT2D eigenvalue weighted by Gasteiger charge is 2.62. The Kier molecular flexibility index (Phi) is 1.39. The molecule has 0 aliphatic heterocycles. The van der Waals surface area contributed by atoms with Crippen molar-refractivity contribution in [3.8, 4) is 0 Å². The largest absolute Gasteiger partial charge is 0.393 e. The molecule has 1 nitrogen and oxygen atoms in total. The topological polar surface area (TPSA) is 20.2 Å². The van der Waals surface area contributed by atoms with Crippen molar-refractivity contribution in [3.05, 3.63) is 0 Å². The highest BCUT2D eigenvalue weighted by Crippen LogP contribution is 2.65. The van der Waals surface area contributed by atoms with Crippen LogP contribution in [0, 0.1) is 23.2 Å². The fraction of sp³-hybridized carbons (Fsp3) is 1.00. The van der Waals surface area contributed by atoms with Crippen molar-refractivity contribution >= 4 is 0 Å². The van der Waals surface area contributed by atoms with Crippen LogP contribution in [0.1, 0.15) is 33.6 Å². The molecule has 2 rings (SSSR count). The van der Waals surface area contributed by atoms with Crippen molar-refractivity contribution in [1.82, 2.24) is 0 Å². The van der Waals surface area contributed by atoms with E-state index in [4.69, 9.17) is 0 Å². The van der Waals surface area contributed by atoms with E-state index in [1.807, 2.05) is 0 Å². The molecule has 2 fully saturated rings. The highest BCUT2D eigenvalue weighted by molar-refractivity contribution is 5.11. The van der Waals surface area contributed by atoms with Crippen molar-refractivity contribution in [2.75, 3.05) is 0 Å². The molecule has 4 atom stereocenters. The fourth-order valence-electron chi connectivity index (χ4n) is 2.98. The second-order valence-corrected chi connectivity index (χ2v) is 5.00. The Morgan fingerprint density at radius 3 is 2.45 bits per heavy atom. The van der Waals surface area contributed by atoms with Gasteiger partial charge in [-0.2, -0.15) is 0 Å². The van der Waals surface area contributed by atoms with Crippen LogP contribution in [0.2, 0.25) is 0 Å². The first-order chi connectivity index (χ1) is 5.05. The van der Waals surface area contributed by atoms with Gasteiger partial charge in [0.15, 0.2) is 0 Å². The minimum Gasteiger partial charge on any atom is -0.393 e. The van der Waals surface area contributed by atoms with E-state index >= 15 is 0 Å². The lowest BCUT2D eigenvalue weighted by Crippen LogP contribution is -2.25. The monoisotopic (exact) mass is 154 g/mol. The molecule has 1 N–H and O–H groups in total. The number of aliphatic hydroxyl groups excluding tert-OH is 1. The molecule has 0 amide bonds. The third-order valence-corrected chi connectivity index (χ3v) is 4.02. The average molecular weight is 154 g/mol. The van der Waals surface area contributed by atoms with Gasteiger partial charge in [0, 0.05) is 0 Å². The van der Waals surface area contributed by atoms with Gasteiger partial charge in [0.2, 0.25) is 0 Å². The molecule has 0 aromatic carbocycles. The average Bonchev–Trinajstić information content (AvgIpc) is 2.46. The van der Waals surface area contributed by atoms with Gasteiger partial charge in [0.05, 0.1) is 6.10 Å². The third kappa shape index (κ3) is 0.868. The van der Waals surface area contributed by atoms with Gasteiger partial charge in [0.25, 0.3) is 0 Å². The molecule has 0 aromatic rings. The van der Waals surface area contributed by atoms with Crippen LogP contribution in [0.25, 0.3) is 0 Å². The van der Waals surface area contributed by atoms with Gasteiger partial charge in [-0.25, -0.2) is 0 Å². The highest BCUT2D eigenvalue weighted by atomic mass is 16.3. The van der Waals surface area contributed by atoms with Gasteiger partial charge in [-0.15, -0.1) is 0 Å². The summed E-state index contributed by atoms with van der Waals surface area (Å²) in [6.07, 6.45) is 2.56. The van der Waals surface area contributed by atoms with E-state index in [0.717, 1.165) is 5.92 Å². The van der Waals surface area contributed by atoms with Crippen LogP contribution in [0.15, 0.2) is 0 Å². The first kappa shape index (κ1) is 7.60. The van der Waals surface area contributed by atoms with Crippen LogP contribution in [-0.4, -0.2) is 11.2 Å². The maximum absolute atomic E-state index is 9.82. The molecule has 4 unspecified atom stereocenters. The first-order valence-corrected chi connectivity index (χ1v) is 4.73. The summed E-state index contributed by atoms with van der Waals surface area (Å²) in [6, 6.07) is 0. The van der Waals surface area contributed by atoms with E-state index in [1.54, 1.807) is 0 Å². The van der Waals surface area contributed by atoms with E-state index in [9.17, 15) is 5.11 Å². The predicted molar refractivity (Wildman–Crippen MR) is 45.2 cm³/mol. The zero-order chi connectivity index (χ0) is 8.22. The molecular formula is C10H18O. The van der Waals surface area contributed by atoms with Gasteiger partial charge in [-0.3, -0.25) is 0 Å². The molecule has 0 heterocycles. The number of aliphatic hydroxyl groups is 1. The second kappa shape index (κ2) is 2.01. The molecule has 2 aliphatic rings. The fourth-order valence-corrected chi connectivity index (χ4v) is 2.98. The Labute approximate surface area is 68.8 Å². The van der Waals surface area contributed by atoms with Gasteiger partial charge in [0.1, 0.15) is 0 Å². The molecule has 0 bridgehead atoms. The molecule has 0 radical (unpaired) electrons. The lowest BCUT2D eigenvalue weighted by Gasteiger charge is -2.23. The van der Waals surface area contributed by atoms with Gasteiger partial charge < -0.3 is 5.11 Å². The molecular weight excluding hydrogens is 136 g/mol. The summed E-state index contributed by atoms with van der Waals surface area (Å²) in [5.74, 6) is 1.98.